The maximum Gasteiger partial charge on any atom is 0.339 e. The summed E-state index contributed by atoms with van der Waals surface area (Å²) < 4.78 is 6.01. The van der Waals surface area contributed by atoms with Gasteiger partial charge in [0.15, 0.2) is 0 Å². The summed E-state index contributed by atoms with van der Waals surface area (Å²) in [7, 11) is 0. The van der Waals surface area contributed by atoms with Crippen molar-refractivity contribution < 1.29 is 14.6 Å². The highest BCUT2D eigenvalue weighted by molar-refractivity contribution is 9.10. The van der Waals surface area contributed by atoms with E-state index < -0.39 is 5.97 Å². The van der Waals surface area contributed by atoms with Crippen molar-refractivity contribution in [1.82, 2.24) is 9.97 Å². The molecule has 1 aromatic heterocycles. The van der Waals surface area contributed by atoms with Crippen LogP contribution in [0, 0.1) is 11.3 Å². The van der Waals surface area contributed by atoms with E-state index in [1.807, 2.05) is 6.07 Å². The van der Waals surface area contributed by atoms with Crippen molar-refractivity contribution in [2.24, 2.45) is 0 Å². The number of halogens is 1. The molecule has 6 nitrogen and oxygen atoms in total. The van der Waals surface area contributed by atoms with Gasteiger partial charge < -0.3 is 9.84 Å². The summed E-state index contributed by atoms with van der Waals surface area (Å²) in [6.07, 6.45) is 2.71. The predicted octanol–water partition coefficient (Wildman–Crippen LogP) is 2.60. The third-order valence-corrected chi connectivity index (χ3v) is 2.64. The Kier molecular flexibility index (Phi) is 3.73. The minimum Gasteiger partial charge on any atom is -0.478 e. The van der Waals surface area contributed by atoms with Crippen LogP contribution in [-0.2, 0) is 0 Å². The van der Waals surface area contributed by atoms with Crippen LogP contribution in [0.15, 0.2) is 35.1 Å². The lowest BCUT2D eigenvalue weighted by atomic mass is 10.2. The van der Waals surface area contributed by atoms with Crippen molar-refractivity contribution in [2.75, 3.05) is 0 Å². The van der Waals surface area contributed by atoms with Crippen molar-refractivity contribution in [1.29, 1.82) is 5.26 Å². The number of benzene rings is 1. The van der Waals surface area contributed by atoms with E-state index in [4.69, 9.17) is 15.1 Å². The van der Waals surface area contributed by atoms with Gasteiger partial charge in [0, 0.05) is 16.9 Å². The van der Waals surface area contributed by atoms with Gasteiger partial charge in [0.25, 0.3) is 5.88 Å². The fourth-order valence-corrected chi connectivity index (χ4v) is 1.68. The Labute approximate surface area is 116 Å². The van der Waals surface area contributed by atoms with E-state index in [2.05, 4.69) is 25.9 Å². The molecule has 1 N–H and O–H groups in total. The number of carbonyl (C=O) groups is 1. The van der Waals surface area contributed by atoms with Gasteiger partial charge in [-0.05, 0) is 18.2 Å². The number of carboxylic acid groups (broad SMARTS) is 1. The van der Waals surface area contributed by atoms with Gasteiger partial charge in [-0.2, -0.15) is 5.26 Å². The van der Waals surface area contributed by atoms with E-state index in [1.165, 1.54) is 24.5 Å². The quantitative estimate of drug-likeness (QED) is 0.934. The third-order valence-electron chi connectivity index (χ3n) is 2.15. The van der Waals surface area contributed by atoms with Gasteiger partial charge in [0.2, 0.25) is 5.69 Å². The molecule has 1 heterocycles. The van der Waals surface area contributed by atoms with Gasteiger partial charge in [-0.15, -0.1) is 0 Å². The first-order valence-corrected chi connectivity index (χ1v) is 5.83. The van der Waals surface area contributed by atoms with Gasteiger partial charge >= 0.3 is 5.97 Å². The van der Waals surface area contributed by atoms with Crippen LogP contribution in [0.4, 0.5) is 0 Å². The number of nitriles is 1. The van der Waals surface area contributed by atoms with E-state index >= 15 is 0 Å². The first kappa shape index (κ1) is 13.0. The van der Waals surface area contributed by atoms with Crippen molar-refractivity contribution in [3.05, 3.63) is 46.3 Å². The molecule has 19 heavy (non-hydrogen) atoms. The van der Waals surface area contributed by atoms with Crippen molar-refractivity contribution in [3.8, 4) is 17.7 Å². The van der Waals surface area contributed by atoms with Gasteiger partial charge in [-0.1, -0.05) is 15.9 Å². The number of rotatable bonds is 3. The highest BCUT2D eigenvalue weighted by Gasteiger charge is 2.15. The Balaban J connectivity index is 2.46. The number of aromatic carboxylic acids is 1. The lowest BCUT2D eigenvalue weighted by Crippen LogP contribution is -2.02. The maximum atomic E-state index is 11.1. The van der Waals surface area contributed by atoms with Gasteiger partial charge in [-0.3, -0.25) is 0 Å². The zero-order chi connectivity index (χ0) is 13.8. The molecule has 2 aromatic rings. The molecular weight excluding hydrogens is 314 g/mol. The number of ether oxygens (including phenoxy) is 1. The highest BCUT2D eigenvalue weighted by atomic mass is 79.9. The van der Waals surface area contributed by atoms with Crippen LogP contribution in [0.25, 0.3) is 0 Å². The predicted molar refractivity (Wildman–Crippen MR) is 67.9 cm³/mol. The second kappa shape index (κ2) is 5.46. The molecule has 0 bridgehead atoms. The number of hydrogen-bond acceptors (Lipinski definition) is 5. The van der Waals surface area contributed by atoms with E-state index in [-0.39, 0.29) is 22.9 Å². The molecule has 0 unspecified atom stereocenters. The Morgan fingerprint density at radius 3 is 2.79 bits per heavy atom. The summed E-state index contributed by atoms with van der Waals surface area (Å²) in [5.74, 6) is -1.09. The monoisotopic (exact) mass is 319 g/mol. The molecule has 2 rings (SSSR count). The van der Waals surface area contributed by atoms with Crippen LogP contribution in [0.3, 0.4) is 0 Å². The lowest BCUT2D eigenvalue weighted by molar-refractivity contribution is 0.0694. The van der Waals surface area contributed by atoms with Gasteiger partial charge in [0.1, 0.15) is 17.4 Å². The molecule has 0 radical (unpaired) electrons. The Bertz CT molecular complexity index is 682. The summed E-state index contributed by atoms with van der Waals surface area (Å²) in [5.41, 5.74) is -0.0449. The molecule has 0 aliphatic carbocycles. The minimum absolute atomic E-state index is 0.0150. The largest absolute Gasteiger partial charge is 0.478 e. The molecule has 0 saturated heterocycles. The number of nitrogens with zero attached hydrogens (tertiary/aromatic N) is 3. The van der Waals surface area contributed by atoms with E-state index in [9.17, 15) is 4.79 Å². The second-order valence-corrected chi connectivity index (χ2v) is 4.29. The standard InChI is InChI=1S/C12H6BrN3O3/c13-7-1-2-8(12(17)18)10(5-7)19-11-9(6-14)15-3-4-16-11/h1-5H,(H,17,18). The minimum atomic E-state index is -1.13. The van der Waals surface area contributed by atoms with E-state index in [0.717, 1.165) is 0 Å². The SMILES string of the molecule is N#Cc1nccnc1Oc1cc(Br)ccc1C(=O)O. The average Bonchev–Trinajstić information content (AvgIpc) is 2.39. The van der Waals surface area contributed by atoms with Gasteiger partial charge in [0.05, 0.1) is 0 Å². The first-order chi connectivity index (χ1) is 9.11. The average molecular weight is 320 g/mol. The van der Waals surface area contributed by atoms with Crippen LogP contribution in [0.5, 0.6) is 11.6 Å². The molecule has 7 heteroatoms. The second-order valence-electron chi connectivity index (χ2n) is 3.37. The summed E-state index contributed by atoms with van der Waals surface area (Å²) in [6, 6.07) is 6.28. The number of carboxylic acids is 1. The molecular formula is C12H6BrN3O3. The van der Waals surface area contributed by atoms with Crippen molar-refractivity contribution >= 4 is 21.9 Å². The Morgan fingerprint density at radius 1 is 1.37 bits per heavy atom. The summed E-state index contributed by atoms with van der Waals surface area (Å²) >= 11 is 3.22. The fourth-order valence-electron chi connectivity index (χ4n) is 1.34. The molecule has 94 valence electrons. The maximum absolute atomic E-state index is 11.1. The third kappa shape index (κ3) is 2.86. The Morgan fingerprint density at radius 2 is 2.11 bits per heavy atom. The van der Waals surface area contributed by atoms with E-state index in [0.29, 0.717) is 4.47 Å². The summed E-state index contributed by atoms with van der Waals surface area (Å²) in [5, 5.41) is 17.9. The molecule has 0 saturated carbocycles. The molecule has 0 fully saturated rings. The number of aromatic nitrogens is 2. The molecule has 1 aromatic carbocycles. The Hall–Kier alpha value is -2.46. The van der Waals surface area contributed by atoms with Crippen molar-refractivity contribution in [2.45, 2.75) is 0 Å². The van der Waals surface area contributed by atoms with Crippen LogP contribution in [0.2, 0.25) is 0 Å². The van der Waals surface area contributed by atoms with Gasteiger partial charge in [-0.25, -0.2) is 14.8 Å². The fraction of sp³-hybridized carbons (Fsp3) is 0. The topological polar surface area (TPSA) is 96.1 Å². The zero-order valence-electron chi connectivity index (χ0n) is 9.37. The molecule has 0 aliphatic heterocycles. The normalized spacial score (nSPS) is 9.68. The van der Waals surface area contributed by atoms with Crippen molar-refractivity contribution in [3.63, 3.8) is 0 Å². The smallest absolute Gasteiger partial charge is 0.339 e. The van der Waals surface area contributed by atoms with Crippen LogP contribution in [-0.4, -0.2) is 21.0 Å². The highest BCUT2D eigenvalue weighted by Crippen LogP contribution is 2.28. The summed E-state index contributed by atoms with van der Waals surface area (Å²) in [4.78, 5) is 18.7. The summed E-state index contributed by atoms with van der Waals surface area (Å²) in [6.45, 7) is 0. The van der Waals surface area contributed by atoms with E-state index in [1.54, 1.807) is 6.07 Å². The lowest BCUT2D eigenvalue weighted by Gasteiger charge is -2.08. The van der Waals surface area contributed by atoms with Crippen LogP contribution < -0.4 is 4.74 Å². The molecule has 0 spiro atoms. The van der Waals surface area contributed by atoms with Crippen LogP contribution in [0.1, 0.15) is 16.1 Å². The molecule has 0 amide bonds. The zero-order valence-corrected chi connectivity index (χ0v) is 11.0. The first-order valence-electron chi connectivity index (χ1n) is 5.03. The van der Waals surface area contributed by atoms with Crippen LogP contribution >= 0.6 is 15.9 Å². The molecule has 0 atom stereocenters. The number of hydrogen-bond donors (Lipinski definition) is 1. The molecule has 0 aliphatic rings.